The van der Waals surface area contributed by atoms with Crippen LogP contribution in [0.4, 0.5) is 0 Å². The number of thiophene rings is 1. The van der Waals surface area contributed by atoms with E-state index in [1.165, 1.54) is 21.0 Å². The van der Waals surface area contributed by atoms with E-state index in [9.17, 15) is 5.26 Å². The Hall–Kier alpha value is -1.64. The smallest absolute Gasteiger partial charge is 0.195 e. The van der Waals surface area contributed by atoms with E-state index in [0.29, 0.717) is 0 Å². The summed E-state index contributed by atoms with van der Waals surface area (Å²) in [4.78, 5) is 7.02. The maximum absolute atomic E-state index is 9.29. The molecule has 1 saturated carbocycles. The number of rotatable bonds is 2. The van der Waals surface area contributed by atoms with Gasteiger partial charge in [-0.3, -0.25) is 4.57 Å². The summed E-state index contributed by atoms with van der Waals surface area (Å²) < 4.78 is 3.39. The largest absolute Gasteiger partial charge is 0.295 e. The average molecular weight is 299 g/mol. The predicted molar refractivity (Wildman–Crippen MR) is 82.8 cm³/mol. The van der Waals surface area contributed by atoms with Gasteiger partial charge < -0.3 is 0 Å². The van der Waals surface area contributed by atoms with Crippen LogP contribution < -0.4 is 0 Å². The molecular weight excluding hydrogens is 286 g/mol. The Morgan fingerprint density at radius 1 is 1.25 bits per heavy atom. The van der Waals surface area contributed by atoms with Crippen LogP contribution in [0, 0.1) is 25.2 Å². The van der Waals surface area contributed by atoms with Crippen molar-refractivity contribution in [3.63, 3.8) is 0 Å². The average Bonchev–Trinajstić information content (AvgIpc) is 2.81. The first-order chi connectivity index (χ1) is 9.63. The molecule has 1 fully saturated rings. The monoisotopic (exact) mass is 299 g/mol. The van der Waals surface area contributed by atoms with Crippen molar-refractivity contribution in [1.29, 1.82) is 5.26 Å². The molecule has 0 aromatic carbocycles. The number of nitrogens with zero attached hydrogens (tertiary/aromatic N) is 3. The lowest BCUT2D eigenvalue weighted by atomic mass is 10.1. The molecular formula is C15H13N3S2. The summed E-state index contributed by atoms with van der Waals surface area (Å²) in [7, 11) is 0. The zero-order valence-corrected chi connectivity index (χ0v) is 12.9. The molecule has 3 aromatic rings. The van der Waals surface area contributed by atoms with Gasteiger partial charge in [0.15, 0.2) is 5.13 Å². The highest BCUT2D eigenvalue weighted by molar-refractivity contribution is 7.28. The van der Waals surface area contributed by atoms with Crippen molar-refractivity contribution < 1.29 is 0 Å². The van der Waals surface area contributed by atoms with E-state index in [2.05, 4.69) is 42.7 Å². The van der Waals surface area contributed by atoms with Crippen LogP contribution in [0.15, 0.2) is 18.2 Å². The molecule has 0 bridgehead atoms. The summed E-state index contributed by atoms with van der Waals surface area (Å²) in [5.41, 5.74) is 2.23. The predicted octanol–water partition coefficient (Wildman–Crippen LogP) is 4.32. The molecule has 3 aromatic heterocycles. The fourth-order valence-electron chi connectivity index (χ4n) is 2.56. The Balaban J connectivity index is 1.82. The van der Waals surface area contributed by atoms with Crippen LogP contribution in [0.5, 0.6) is 0 Å². The number of fused-ring (bicyclic) bond motifs is 1. The molecule has 0 unspecified atom stereocenters. The number of aromatic nitrogens is 2. The molecule has 0 atom stereocenters. The lowest BCUT2D eigenvalue weighted by molar-refractivity contribution is 0.938. The van der Waals surface area contributed by atoms with Crippen molar-refractivity contribution in [3.8, 4) is 11.2 Å². The van der Waals surface area contributed by atoms with Gasteiger partial charge in [0, 0.05) is 16.3 Å². The SMILES string of the molecule is Cc1ccc(C)n1-c1nc2sc(C3(C#N)CC3)cc2s1. The summed E-state index contributed by atoms with van der Waals surface area (Å²) in [5, 5.41) is 10.3. The highest BCUT2D eigenvalue weighted by Crippen LogP contribution is 2.51. The molecule has 0 saturated heterocycles. The van der Waals surface area contributed by atoms with Gasteiger partial charge in [0.05, 0.1) is 16.2 Å². The third-order valence-corrected chi connectivity index (χ3v) is 6.33. The first kappa shape index (κ1) is 12.1. The van der Waals surface area contributed by atoms with Gasteiger partial charge in [-0.05, 0) is 44.9 Å². The van der Waals surface area contributed by atoms with Gasteiger partial charge in [-0.15, -0.1) is 11.3 Å². The van der Waals surface area contributed by atoms with Gasteiger partial charge in [-0.2, -0.15) is 5.26 Å². The molecule has 0 radical (unpaired) electrons. The first-order valence-electron chi connectivity index (χ1n) is 6.60. The number of hydrogen-bond acceptors (Lipinski definition) is 4. The molecule has 0 N–H and O–H groups in total. The molecule has 1 aliphatic carbocycles. The minimum absolute atomic E-state index is 0.190. The van der Waals surface area contributed by atoms with Gasteiger partial charge in [0.25, 0.3) is 0 Å². The summed E-state index contributed by atoms with van der Waals surface area (Å²) in [5.74, 6) is 0. The molecule has 5 heteroatoms. The van der Waals surface area contributed by atoms with E-state index < -0.39 is 0 Å². The third-order valence-electron chi connectivity index (χ3n) is 3.98. The summed E-state index contributed by atoms with van der Waals surface area (Å²) >= 11 is 3.40. The van der Waals surface area contributed by atoms with Crippen molar-refractivity contribution in [2.75, 3.05) is 0 Å². The van der Waals surface area contributed by atoms with E-state index in [-0.39, 0.29) is 5.41 Å². The molecule has 0 amide bonds. The fourth-order valence-corrected chi connectivity index (χ4v) is 5.09. The second-order valence-electron chi connectivity index (χ2n) is 5.42. The van der Waals surface area contributed by atoms with Gasteiger partial charge in [0.1, 0.15) is 4.83 Å². The Kier molecular flexibility index (Phi) is 2.39. The Morgan fingerprint density at radius 3 is 2.50 bits per heavy atom. The quantitative estimate of drug-likeness (QED) is 0.707. The maximum atomic E-state index is 9.29. The van der Waals surface area contributed by atoms with Crippen molar-refractivity contribution in [2.24, 2.45) is 0 Å². The minimum Gasteiger partial charge on any atom is -0.295 e. The van der Waals surface area contributed by atoms with Crippen molar-refractivity contribution in [1.82, 2.24) is 9.55 Å². The van der Waals surface area contributed by atoms with Crippen LogP contribution in [-0.2, 0) is 5.41 Å². The molecule has 1 aliphatic rings. The number of aryl methyl sites for hydroxylation is 2. The normalized spacial score (nSPS) is 16.4. The lowest BCUT2D eigenvalue weighted by Gasteiger charge is -2.03. The Labute approximate surface area is 125 Å². The van der Waals surface area contributed by atoms with E-state index in [1.54, 1.807) is 22.7 Å². The first-order valence-corrected chi connectivity index (χ1v) is 8.24. The van der Waals surface area contributed by atoms with Crippen molar-refractivity contribution >= 4 is 32.2 Å². The Bertz CT molecular complexity index is 805. The van der Waals surface area contributed by atoms with Crippen LogP contribution in [0.3, 0.4) is 0 Å². The second-order valence-corrected chi connectivity index (χ2v) is 7.46. The van der Waals surface area contributed by atoms with Crippen LogP contribution in [-0.4, -0.2) is 9.55 Å². The molecule has 4 rings (SSSR count). The van der Waals surface area contributed by atoms with Gasteiger partial charge in [0.2, 0.25) is 0 Å². The number of hydrogen-bond donors (Lipinski definition) is 0. The zero-order valence-electron chi connectivity index (χ0n) is 11.3. The zero-order chi connectivity index (χ0) is 13.9. The summed E-state index contributed by atoms with van der Waals surface area (Å²) in [6.07, 6.45) is 2.00. The third kappa shape index (κ3) is 1.58. The lowest BCUT2D eigenvalue weighted by Crippen LogP contribution is -1.98. The molecule has 100 valence electrons. The van der Waals surface area contributed by atoms with E-state index >= 15 is 0 Å². The van der Waals surface area contributed by atoms with E-state index in [4.69, 9.17) is 4.98 Å². The topological polar surface area (TPSA) is 41.6 Å². The fraction of sp³-hybridized carbons (Fsp3) is 0.333. The molecule has 3 nitrogen and oxygen atoms in total. The highest BCUT2D eigenvalue weighted by Gasteiger charge is 2.46. The number of nitriles is 1. The maximum Gasteiger partial charge on any atom is 0.195 e. The van der Waals surface area contributed by atoms with Crippen LogP contribution >= 0.6 is 22.7 Å². The van der Waals surface area contributed by atoms with Gasteiger partial charge in [-0.1, -0.05) is 11.3 Å². The van der Waals surface area contributed by atoms with Crippen molar-refractivity contribution in [2.45, 2.75) is 32.1 Å². The van der Waals surface area contributed by atoms with Gasteiger partial charge >= 0.3 is 0 Å². The summed E-state index contributed by atoms with van der Waals surface area (Å²) in [6, 6.07) is 8.87. The molecule has 3 heterocycles. The standard InChI is InChI=1S/C15H13N3S2/c1-9-3-4-10(2)18(9)14-17-13-11(19-14)7-12(20-13)15(8-16)5-6-15/h3-4,7H,5-6H2,1-2H3. The van der Waals surface area contributed by atoms with E-state index in [1.807, 2.05) is 0 Å². The minimum atomic E-state index is -0.190. The van der Waals surface area contributed by atoms with Crippen LogP contribution in [0.25, 0.3) is 14.7 Å². The number of thiazole rings is 1. The van der Waals surface area contributed by atoms with Gasteiger partial charge in [-0.25, -0.2) is 4.98 Å². The van der Waals surface area contributed by atoms with Crippen LogP contribution in [0.2, 0.25) is 0 Å². The molecule has 20 heavy (non-hydrogen) atoms. The highest BCUT2D eigenvalue weighted by atomic mass is 32.1. The second kappa shape index (κ2) is 3.94. The van der Waals surface area contributed by atoms with Crippen molar-refractivity contribution in [3.05, 3.63) is 34.5 Å². The molecule has 0 aliphatic heterocycles. The van der Waals surface area contributed by atoms with E-state index in [0.717, 1.165) is 22.8 Å². The van der Waals surface area contributed by atoms with Crippen LogP contribution in [0.1, 0.15) is 29.1 Å². The summed E-state index contributed by atoms with van der Waals surface area (Å²) in [6.45, 7) is 4.20. The Morgan fingerprint density at radius 2 is 1.95 bits per heavy atom. The molecule has 0 spiro atoms.